The Bertz CT molecular complexity index is 424. The summed E-state index contributed by atoms with van der Waals surface area (Å²) in [6.07, 6.45) is 2.16. The zero-order valence-electron chi connectivity index (χ0n) is 9.40. The van der Waals surface area contributed by atoms with Crippen LogP contribution in [0, 0.1) is 18.3 Å². The van der Waals surface area contributed by atoms with Crippen molar-refractivity contribution in [3.05, 3.63) is 23.8 Å². The molecule has 0 amide bonds. The van der Waals surface area contributed by atoms with Crippen molar-refractivity contribution >= 4 is 16.5 Å². The molecular weight excluding hydrogens is 220 g/mol. The molecule has 1 unspecified atom stereocenters. The molecule has 0 radical (unpaired) electrons. The lowest BCUT2D eigenvalue weighted by Crippen LogP contribution is -2.01. The highest BCUT2D eigenvalue weighted by Crippen LogP contribution is 2.17. The molecule has 3 nitrogen and oxygen atoms in total. The number of benzene rings is 1. The number of unbranched alkanes of at least 4 members (excludes halogenated alkanes) is 2. The molecule has 0 aliphatic rings. The van der Waals surface area contributed by atoms with Crippen LogP contribution in [0.4, 0.5) is 5.69 Å². The third-order valence-electron chi connectivity index (χ3n) is 2.33. The highest BCUT2D eigenvalue weighted by molar-refractivity contribution is 7.85. The van der Waals surface area contributed by atoms with Gasteiger partial charge in [-0.3, -0.25) is 4.21 Å². The van der Waals surface area contributed by atoms with Crippen LogP contribution in [0.15, 0.2) is 23.1 Å². The molecular formula is C12H16N2OS. The molecule has 2 N–H and O–H groups in total. The Balaban J connectivity index is 2.59. The fourth-order valence-corrected chi connectivity index (χ4v) is 2.79. The standard InChI is InChI=1S/C12H16N2OS/c1-10-5-6-11(14)9-12(10)16(15)8-4-2-3-7-13/h5-6,9H,2-4,8,14H2,1H3. The number of nitriles is 1. The second kappa shape index (κ2) is 6.29. The van der Waals surface area contributed by atoms with Gasteiger partial charge in [0.2, 0.25) is 0 Å². The van der Waals surface area contributed by atoms with Gasteiger partial charge in [0.15, 0.2) is 0 Å². The lowest BCUT2D eigenvalue weighted by Gasteiger charge is -2.06. The predicted molar refractivity (Wildman–Crippen MR) is 66.3 cm³/mol. The van der Waals surface area contributed by atoms with Gasteiger partial charge < -0.3 is 5.73 Å². The van der Waals surface area contributed by atoms with Gasteiger partial charge in [0.25, 0.3) is 0 Å². The smallest absolute Gasteiger partial charge is 0.0621 e. The summed E-state index contributed by atoms with van der Waals surface area (Å²) in [7, 11) is -0.998. The van der Waals surface area contributed by atoms with Gasteiger partial charge >= 0.3 is 0 Å². The maximum absolute atomic E-state index is 12.0. The van der Waals surface area contributed by atoms with Crippen molar-refractivity contribution in [2.45, 2.75) is 31.1 Å². The summed E-state index contributed by atoms with van der Waals surface area (Å²) >= 11 is 0. The zero-order chi connectivity index (χ0) is 12.0. The number of hydrogen-bond donors (Lipinski definition) is 1. The van der Waals surface area contributed by atoms with E-state index < -0.39 is 10.8 Å². The molecule has 4 heteroatoms. The van der Waals surface area contributed by atoms with Crippen molar-refractivity contribution in [3.63, 3.8) is 0 Å². The Morgan fingerprint density at radius 3 is 2.88 bits per heavy atom. The van der Waals surface area contributed by atoms with E-state index in [1.54, 1.807) is 6.07 Å². The van der Waals surface area contributed by atoms with Crippen LogP contribution < -0.4 is 5.73 Å². The van der Waals surface area contributed by atoms with Crippen molar-refractivity contribution in [2.24, 2.45) is 0 Å². The summed E-state index contributed by atoms with van der Waals surface area (Å²) in [5, 5.41) is 8.39. The minimum atomic E-state index is -0.998. The van der Waals surface area contributed by atoms with Crippen LogP contribution >= 0.6 is 0 Å². The number of anilines is 1. The lowest BCUT2D eigenvalue weighted by molar-refractivity contribution is 0.678. The molecule has 0 spiro atoms. The molecule has 86 valence electrons. The first-order valence-corrected chi connectivity index (χ1v) is 6.58. The highest BCUT2D eigenvalue weighted by Gasteiger charge is 2.07. The van der Waals surface area contributed by atoms with Crippen molar-refractivity contribution in [3.8, 4) is 6.07 Å². The number of hydrogen-bond acceptors (Lipinski definition) is 3. The molecule has 0 bridgehead atoms. The van der Waals surface area contributed by atoms with Gasteiger partial charge in [0.1, 0.15) is 0 Å². The van der Waals surface area contributed by atoms with E-state index in [1.807, 2.05) is 19.1 Å². The van der Waals surface area contributed by atoms with E-state index >= 15 is 0 Å². The van der Waals surface area contributed by atoms with E-state index in [9.17, 15) is 4.21 Å². The second-order valence-corrected chi connectivity index (χ2v) is 5.23. The quantitative estimate of drug-likeness (QED) is 0.630. The Morgan fingerprint density at radius 2 is 2.19 bits per heavy atom. The molecule has 16 heavy (non-hydrogen) atoms. The van der Waals surface area contributed by atoms with Gasteiger partial charge in [0, 0.05) is 22.8 Å². The fourth-order valence-electron chi connectivity index (χ4n) is 1.41. The summed E-state index contributed by atoms with van der Waals surface area (Å²) < 4.78 is 12.0. The first kappa shape index (κ1) is 12.7. The molecule has 0 heterocycles. The number of nitrogens with two attached hydrogens (primary N) is 1. The Labute approximate surface area is 98.7 Å². The van der Waals surface area contributed by atoms with E-state index in [4.69, 9.17) is 11.0 Å². The van der Waals surface area contributed by atoms with E-state index in [1.165, 1.54) is 0 Å². The van der Waals surface area contributed by atoms with Crippen molar-refractivity contribution in [1.29, 1.82) is 5.26 Å². The minimum absolute atomic E-state index is 0.535. The number of nitrogens with zero attached hydrogens (tertiary/aromatic N) is 1. The monoisotopic (exact) mass is 236 g/mol. The third-order valence-corrected chi connectivity index (χ3v) is 3.92. The predicted octanol–water partition coefficient (Wildman–Crippen LogP) is 2.38. The maximum atomic E-state index is 12.0. The number of rotatable bonds is 5. The second-order valence-electron chi connectivity index (χ2n) is 3.69. The van der Waals surface area contributed by atoms with E-state index in [2.05, 4.69) is 6.07 Å². The molecule has 0 aromatic heterocycles. The largest absolute Gasteiger partial charge is 0.399 e. The summed E-state index contributed by atoms with van der Waals surface area (Å²) in [5.74, 6) is 0.603. The van der Waals surface area contributed by atoms with Crippen LogP contribution in [-0.4, -0.2) is 9.96 Å². The molecule has 1 aromatic carbocycles. The topological polar surface area (TPSA) is 66.9 Å². The Morgan fingerprint density at radius 1 is 1.44 bits per heavy atom. The molecule has 0 saturated heterocycles. The average molecular weight is 236 g/mol. The minimum Gasteiger partial charge on any atom is -0.399 e. The van der Waals surface area contributed by atoms with Gasteiger partial charge in [-0.05, 0) is 37.5 Å². The average Bonchev–Trinajstić information content (AvgIpc) is 2.27. The first-order valence-electron chi connectivity index (χ1n) is 5.26. The van der Waals surface area contributed by atoms with Crippen molar-refractivity contribution in [1.82, 2.24) is 0 Å². The molecule has 0 aliphatic heterocycles. The molecule has 0 fully saturated rings. The Hall–Kier alpha value is -1.34. The van der Waals surface area contributed by atoms with Crippen LogP contribution in [0.1, 0.15) is 24.8 Å². The summed E-state index contributed by atoms with van der Waals surface area (Å²) in [4.78, 5) is 0.817. The van der Waals surface area contributed by atoms with Crippen LogP contribution in [0.25, 0.3) is 0 Å². The Kier molecular flexibility index (Phi) is 5.00. The van der Waals surface area contributed by atoms with Gasteiger partial charge in [-0.1, -0.05) is 6.07 Å². The van der Waals surface area contributed by atoms with Gasteiger partial charge in [-0.15, -0.1) is 0 Å². The van der Waals surface area contributed by atoms with Crippen LogP contribution in [0.2, 0.25) is 0 Å². The summed E-state index contributed by atoms with van der Waals surface area (Å²) in [6, 6.07) is 7.55. The summed E-state index contributed by atoms with van der Waals surface area (Å²) in [5.41, 5.74) is 7.32. The van der Waals surface area contributed by atoms with Crippen LogP contribution in [0.3, 0.4) is 0 Å². The SMILES string of the molecule is Cc1ccc(N)cc1S(=O)CCCCC#N. The van der Waals surface area contributed by atoms with E-state index in [-0.39, 0.29) is 0 Å². The van der Waals surface area contributed by atoms with E-state index in [0.717, 1.165) is 23.3 Å². The number of nitrogen functional groups attached to an aromatic ring is 1. The van der Waals surface area contributed by atoms with E-state index in [0.29, 0.717) is 17.9 Å². The molecule has 1 aromatic rings. The molecule has 0 saturated carbocycles. The third kappa shape index (κ3) is 3.67. The van der Waals surface area contributed by atoms with Crippen molar-refractivity contribution in [2.75, 3.05) is 11.5 Å². The molecule has 1 atom stereocenters. The van der Waals surface area contributed by atoms with Gasteiger partial charge in [-0.2, -0.15) is 5.26 Å². The first-order chi connectivity index (χ1) is 7.65. The van der Waals surface area contributed by atoms with Crippen molar-refractivity contribution < 1.29 is 4.21 Å². The number of aryl methyl sites for hydroxylation is 1. The van der Waals surface area contributed by atoms with Gasteiger partial charge in [0.05, 0.1) is 16.9 Å². The molecule has 0 aliphatic carbocycles. The maximum Gasteiger partial charge on any atom is 0.0621 e. The lowest BCUT2D eigenvalue weighted by atomic mass is 10.2. The normalized spacial score (nSPS) is 12.0. The van der Waals surface area contributed by atoms with Gasteiger partial charge in [-0.25, -0.2) is 0 Å². The summed E-state index contributed by atoms with van der Waals surface area (Å²) in [6.45, 7) is 1.93. The van der Waals surface area contributed by atoms with Crippen LogP contribution in [-0.2, 0) is 10.8 Å². The van der Waals surface area contributed by atoms with Crippen LogP contribution in [0.5, 0.6) is 0 Å². The fraction of sp³-hybridized carbons (Fsp3) is 0.417. The zero-order valence-corrected chi connectivity index (χ0v) is 10.2. The molecule has 1 rings (SSSR count). The highest BCUT2D eigenvalue weighted by atomic mass is 32.2.